The zero-order valence-electron chi connectivity index (χ0n) is 5.77. The fourth-order valence-corrected chi connectivity index (χ4v) is 0. The van der Waals surface area contributed by atoms with Crippen molar-refractivity contribution in [3.63, 3.8) is 0 Å². The molecule has 7 heteroatoms. The van der Waals surface area contributed by atoms with Crippen LogP contribution in [0.4, 0.5) is 0 Å². The van der Waals surface area contributed by atoms with Gasteiger partial charge in [0.15, 0.2) is 0 Å². The van der Waals surface area contributed by atoms with Crippen LogP contribution < -0.4 is 0 Å². The summed E-state index contributed by atoms with van der Waals surface area (Å²) in [5, 5.41) is 0. The number of hydrogen-bond acceptors (Lipinski definition) is 6. The molecule has 0 bridgehead atoms. The van der Waals surface area contributed by atoms with E-state index in [4.69, 9.17) is 28.8 Å². The van der Waals surface area contributed by atoms with Crippen LogP contribution in [0.25, 0.3) is 0 Å². The third kappa shape index (κ3) is 345. The minimum atomic E-state index is 0. The molecule has 0 aromatic heterocycles. The zero-order valence-corrected chi connectivity index (χ0v) is 6.75. The Kier molecular flexibility index (Phi) is 2070. The van der Waals surface area contributed by atoms with Crippen LogP contribution >= 0.6 is 0 Å². The summed E-state index contributed by atoms with van der Waals surface area (Å²) < 4.78 is 0. The number of rotatable bonds is 0. The van der Waals surface area contributed by atoms with Crippen molar-refractivity contribution in [2.45, 2.75) is 0 Å². The van der Waals surface area contributed by atoms with Crippen LogP contribution in [-0.4, -0.2) is 40.7 Å². The predicted molar refractivity (Wildman–Crippen MR) is 34.2 cm³/mol. The van der Waals surface area contributed by atoms with E-state index in [2.05, 4.69) is 40.7 Å². The van der Waals surface area contributed by atoms with Crippen LogP contribution in [0.2, 0.25) is 0 Å². The smallest absolute Gasteiger partial charge is 0.281 e. The molecular formula is C6NiO6. The second kappa shape index (κ2) is 431. The third-order valence-electron chi connectivity index (χ3n) is 0. The summed E-state index contributed by atoms with van der Waals surface area (Å²) in [6.07, 6.45) is 0. The Hall–Kier alpha value is -1.49. The van der Waals surface area contributed by atoms with E-state index in [0.717, 1.165) is 0 Å². The molecule has 0 unspecified atom stereocenters. The number of hydrogen-bond donors (Lipinski definition) is 0. The molecule has 0 rings (SSSR count). The monoisotopic (exact) mass is 226 g/mol. The first-order valence-electron chi connectivity index (χ1n) is 1.22. The van der Waals surface area contributed by atoms with Crippen molar-refractivity contribution < 1.29 is 45.3 Å². The Balaban J connectivity index is -0.00000000655. The maximum atomic E-state index is 7.50. The Bertz CT molecular complexity index is 32.6. The van der Waals surface area contributed by atoms with Gasteiger partial charge in [-0.15, -0.1) is 0 Å². The Labute approximate surface area is 86.6 Å². The summed E-state index contributed by atoms with van der Waals surface area (Å²) >= 11 is 0. The second-order valence-corrected chi connectivity index (χ2v) is 0. The average molecular weight is 227 g/mol. The van der Waals surface area contributed by atoms with E-state index in [0.29, 0.717) is 0 Å². The van der Waals surface area contributed by atoms with Gasteiger partial charge in [0.05, 0.1) is 0 Å². The fourth-order valence-electron chi connectivity index (χ4n) is 0. The molecule has 0 aromatic rings. The van der Waals surface area contributed by atoms with Gasteiger partial charge in [-0.05, 0) is 0 Å². The zero-order chi connectivity index (χ0) is 12.0. The van der Waals surface area contributed by atoms with Gasteiger partial charge < -0.3 is 0 Å². The van der Waals surface area contributed by atoms with Gasteiger partial charge in [-0.25, -0.2) is 0 Å². The normalized spacial score (nSPS) is 1.85. The van der Waals surface area contributed by atoms with Gasteiger partial charge in [0.2, 0.25) is 0 Å². The Morgan fingerprint density at radius 2 is 0.308 bits per heavy atom. The van der Waals surface area contributed by atoms with Crippen LogP contribution in [0.5, 0.6) is 0 Å². The van der Waals surface area contributed by atoms with Crippen LogP contribution in [0.1, 0.15) is 0 Å². The molecule has 0 saturated carbocycles. The largest absolute Gasteiger partial charge is 0.281 e. The predicted octanol–water partition coefficient (Wildman–Crippen LogP) is -2.39. The van der Waals surface area contributed by atoms with Gasteiger partial charge in [0, 0.05) is 16.5 Å². The van der Waals surface area contributed by atoms with Crippen molar-refractivity contribution in [1.82, 2.24) is 0 Å². The molecule has 0 amide bonds. The van der Waals surface area contributed by atoms with Crippen molar-refractivity contribution in [2.75, 3.05) is 0 Å². The molecule has 12 radical (unpaired) electrons. The molecule has 0 spiro atoms. The second-order valence-electron chi connectivity index (χ2n) is 0. The van der Waals surface area contributed by atoms with Gasteiger partial charge in [0.25, 0.3) is 40.7 Å². The van der Waals surface area contributed by atoms with Gasteiger partial charge >= 0.3 is 0 Å². The summed E-state index contributed by atoms with van der Waals surface area (Å²) in [4.78, 5) is 45.0. The molecule has 0 atom stereocenters. The van der Waals surface area contributed by atoms with Crippen LogP contribution in [0, 0.1) is 0 Å². The molecule has 70 valence electrons. The summed E-state index contributed by atoms with van der Waals surface area (Å²) in [6.45, 7) is 27.0. The standard InChI is InChI=1S/6CO.Ni/c6*1-2;. The molecule has 0 heterocycles. The maximum absolute atomic E-state index is 7.50. The SMILES string of the molecule is [C]=O.[C]=O.[C]=O.[C]=O.[C]=O.[C]=O.[Ni]. The molecule has 0 aromatic carbocycles. The van der Waals surface area contributed by atoms with Crippen LogP contribution in [-0.2, 0) is 45.3 Å². The molecule has 6 nitrogen and oxygen atoms in total. The Morgan fingerprint density at radius 1 is 0.308 bits per heavy atom. The summed E-state index contributed by atoms with van der Waals surface area (Å²) in [5.41, 5.74) is 0. The van der Waals surface area contributed by atoms with E-state index >= 15 is 0 Å². The van der Waals surface area contributed by atoms with E-state index in [-0.39, 0.29) is 16.5 Å². The topological polar surface area (TPSA) is 102 Å². The number of carbonyl (C=O) groups excluding carboxylic acids is 6. The minimum Gasteiger partial charge on any atom is -0.281 e. The van der Waals surface area contributed by atoms with Crippen molar-refractivity contribution in [1.29, 1.82) is 0 Å². The summed E-state index contributed by atoms with van der Waals surface area (Å²) in [7, 11) is 0. The first-order valence-corrected chi connectivity index (χ1v) is 1.22. The van der Waals surface area contributed by atoms with E-state index in [9.17, 15) is 0 Å². The molecule has 0 fully saturated rings. The minimum absolute atomic E-state index is 0. The molecule has 0 aliphatic carbocycles. The van der Waals surface area contributed by atoms with Gasteiger partial charge in [-0.2, -0.15) is 0 Å². The van der Waals surface area contributed by atoms with Gasteiger partial charge in [-0.3, -0.25) is 28.8 Å². The van der Waals surface area contributed by atoms with Crippen LogP contribution in [0.3, 0.4) is 0 Å². The van der Waals surface area contributed by atoms with Crippen LogP contribution in [0.15, 0.2) is 0 Å². The first kappa shape index (κ1) is 62.5. The molecule has 0 N–H and O–H groups in total. The van der Waals surface area contributed by atoms with Gasteiger partial charge in [-0.1, -0.05) is 0 Å². The van der Waals surface area contributed by atoms with Crippen molar-refractivity contribution in [3.05, 3.63) is 0 Å². The average Bonchev–Trinajstić information content (AvgIpc) is 2.33. The maximum Gasteiger partial charge on any atom is 0.281 e. The molecule has 0 aliphatic rings. The molecular weight excluding hydrogens is 227 g/mol. The van der Waals surface area contributed by atoms with Gasteiger partial charge in [0.1, 0.15) is 0 Å². The van der Waals surface area contributed by atoms with E-state index in [1.54, 1.807) is 0 Å². The van der Waals surface area contributed by atoms with E-state index in [1.807, 2.05) is 0 Å². The Morgan fingerprint density at radius 3 is 0.308 bits per heavy atom. The first-order chi connectivity index (χ1) is 6.00. The summed E-state index contributed by atoms with van der Waals surface area (Å²) in [5.74, 6) is 0. The third-order valence-corrected chi connectivity index (χ3v) is 0. The molecule has 0 aliphatic heterocycles. The summed E-state index contributed by atoms with van der Waals surface area (Å²) in [6, 6.07) is 0. The molecule has 0 saturated heterocycles. The van der Waals surface area contributed by atoms with Crippen molar-refractivity contribution in [2.24, 2.45) is 0 Å². The molecule has 13 heavy (non-hydrogen) atoms. The van der Waals surface area contributed by atoms with Crippen molar-refractivity contribution in [3.8, 4) is 0 Å². The van der Waals surface area contributed by atoms with E-state index < -0.39 is 0 Å². The van der Waals surface area contributed by atoms with Crippen molar-refractivity contribution >= 4 is 40.7 Å². The van der Waals surface area contributed by atoms with E-state index in [1.165, 1.54) is 0 Å². The fraction of sp³-hybridized carbons (Fsp3) is 0. The quantitative estimate of drug-likeness (QED) is 0.427.